The number of esters is 1. The number of nitrogens with zero attached hydrogens (tertiary/aromatic N) is 3. The van der Waals surface area contributed by atoms with Crippen LogP contribution in [0.4, 0.5) is 5.82 Å². The molecular formula is C12H9ClN4O2. The molecule has 0 saturated carbocycles. The second-order valence-corrected chi connectivity index (χ2v) is 4.03. The van der Waals surface area contributed by atoms with Crippen molar-refractivity contribution < 1.29 is 9.53 Å². The van der Waals surface area contributed by atoms with Crippen molar-refractivity contribution >= 4 is 23.4 Å². The largest absolute Gasteiger partial charge is 0.464 e. The molecule has 2 N–H and O–H groups in total. The van der Waals surface area contributed by atoms with Gasteiger partial charge in [-0.25, -0.2) is 9.78 Å². The number of carbonyl (C=O) groups is 1. The molecule has 0 amide bonds. The molecule has 0 saturated heterocycles. The summed E-state index contributed by atoms with van der Waals surface area (Å²) in [4.78, 5) is 15.3. The molecule has 6 nitrogen and oxygen atoms in total. The van der Waals surface area contributed by atoms with Gasteiger partial charge in [0.1, 0.15) is 12.1 Å². The summed E-state index contributed by atoms with van der Waals surface area (Å²) in [5.41, 5.74) is 6.73. The third-order valence-corrected chi connectivity index (χ3v) is 2.84. The van der Waals surface area contributed by atoms with Crippen molar-refractivity contribution in [3.63, 3.8) is 0 Å². The average molecular weight is 277 g/mol. The van der Waals surface area contributed by atoms with E-state index in [9.17, 15) is 4.79 Å². The van der Waals surface area contributed by atoms with Crippen molar-refractivity contribution in [2.45, 2.75) is 0 Å². The summed E-state index contributed by atoms with van der Waals surface area (Å²) < 4.78 is 5.99. The molecule has 0 aliphatic rings. The van der Waals surface area contributed by atoms with Crippen molar-refractivity contribution in [1.82, 2.24) is 9.55 Å². The molecule has 96 valence electrons. The predicted octanol–water partition coefficient (Wildman–Crippen LogP) is 1.77. The monoisotopic (exact) mass is 276 g/mol. The number of imidazole rings is 1. The summed E-state index contributed by atoms with van der Waals surface area (Å²) >= 11 is 6.05. The molecule has 0 radical (unpaired) electrons. The normalized spacial score (nSPS) is 9.95. The summed E-state index contributed by atoms with van der Waals surface area (Å²) in [6, 6.07) is 6.72. The number of nitrogen functional groups attached to an aromatic ring is 1. The first-order chi connectivity index (χ1) is 9.08. The standard InChI is InChI=1S/C12H9ClN4O2/c1-19-12(18)10-11(15)17(6-16-10)9-4-7(5-14)2-3-8(9)13/h2-4,6H,15H2,1H3. The first-order valence-corrected chi connectivity index (χ1v) is 5.57. The number of anilines is 1. The molecule has 19 heavy (non-hydrogen) atoms. The second kappa shape index (κ2) is 5.00. The van der Waals surface area contributed by atoms with Gasteiger partial charge < -0.3 is 10.5 Å². The van der Waals surface area contributed by atoms with Crippen LogP contribution >= 0.6 is 11.6 Å². The molecule has 0 fully saturated rings. The summed E-state index contributed by atoms with van der Waals surface area (Å²) in [7, 11) is 1.24. The van der Waals surface area contributed by atoms with Gasteiger partial charge in [-0.15, -0.1) is 0 Å². The fraction of sp³-hybridized carbons (Fsp3) is 0.0833. The molecule has 0 aliphatic heterocycles. The van der Waals surface area contributed by atoms with Gasteiger partial charge in [0.25, 0.3) is 0 Å². The highest BCUT2D eigenvalue weighted by Gasteiger charge is 2.18. The number of benzene rings is 1. The number of aromatic nitrogens is 2. The highest BCUT2D eigenvalue weighted by atomic mass is 35.5. The van der Waals surface area contributed by atoms with Gasteiger partial charge in [0.05, 0.1) is 29.5 Å². The Kier molecular flexibility index (Phi) is 3.40. The Labute approximate surface area is 114 Å². The van der Waals surface area contributed by atoms with Crippen LogP contribution in [0.2, 0.25) is 5.02 Å². The minimum Gasteiger partial charge on any atom is -0.464 e. The SMILES string of the molecule is COC(=O)c1ncn(-c2cc(C#N)ccc2Cl)c1N. The zero-order valence-electron chi connectivity index (χ0n) is 9.92. The highest BCUT2D eigenvalue weighted by Crippen LogP contribution is 2.25. The second-order valence-electron chi connectivity index (χ2n) is 3.62. The van der Waals surface area contributed by atoms with Crippen LogP contribution in [0.3, 0.4) is 0 Å². The molecule has 0 bridgehead atoms. The number of hydrogen-bond acceptors (Lipinski definition) is 5. The van der Waals surface area contributed by atoms with Gasteiger partial charge in [0.2, 0.25) is 0 Å². The van der Waals surface area contributed by atoms with E-state index in [1.54, 1.807) is 18.2 Å². The van der Waals surface area contributed by atoms with Gasteiger partial charge in [0, 0.05) is 0 Å². The Hall–Kier alpha value is -2.52. The molecule has 1 aromatic carbocycles. The van der Waals surface area contributed by atoms with Crippen molar-refractivity contribution in [1.29, 1.82) is 5.26 Å². The minimum atomic E-state index is -0.635. The van der Waals surface area contributed by atoms with Crippen LogP contribution in [0.5, 0.6) is 0 Å². The molecule has 0 atom stereocenters. The lowest BCUT2D eigenvalue weighted by Crippen LogP contribution is -2.07. The summed E-state index contributed by atoms with van der Waals surface area (Å²) in [5, 5.41) is 9.27. The molecule has 2 aromatic rings. The maximum Gasteiger partial charge on any atom is 0.360 e. The first kappa shape index (κ1) is 12.9. The number of ether oxygens (including phenoxy) is 1. The van der Waals surface area contributed by atoms with Crippen molar-refractivity contribution in [3.8, 4) is 11.8 Å². The van der Waals surface area contributed by atoms with Crippen LogP contribution in [0.1, 0.15) is 16.1 Å². The van der Waals surface area contributed by atoms with E-state index in [4.69, 9.17) is 22.6 Å². The van der Waals surface area contributed by atoms with Crippen LogP contribution < -0.4 is 5.73 Å². The number of carbonyl (C=O) groups excluding carboxylic acids is 1. The predicted molar refractivity (Wildman–Crippen MR) is 69.0 cm³/mol. The van der Waals surface area contributed by atoms with Crippen molar-refractivity contribution in [2.75, 3.05) is 12.8 Å². The van der Waals surface area contributed by atoms with E-state index < -0.39 is 5.97 Å². The molecule has 0 aliphatic carbocycles. The fourth-order valence-corrected chi connectivity index (χ4v) is 1.78. The fourth-order valence-electron chi connectivity index (χ4n) is 1.57. The third kappa shape index (κ3) is 2.23. The van der Waals surface area contributed by atoms with Crippen LogP contribution in [-0.2, 0) is 4.74 Å². The van der Waals surface area contributed by atoms with Gasteiger partial charge in [-0.1, -0.05) is 11.6 Å². The number of methoxy groups -OCH3 is 1. The van der Waals surface area contributed by atoms with E-state index in [1.165, 1.54) is 18.0 Å². The van der Waals surface area contributed by atoms with Crippen LogP contribution in [0, 0.1) is 11.3 Å². The zero-order valence-corrected chi connectivity index (χ0v) is 10.7. The Balaban J connectivity index is 2.57. The Morgan fingerprint density at radius 3 is 2.95 bits per heavy atom. The van der Waals surface area contributed by atoms with Crippen molar-refractivity contribution in [2.24, 2.45) is 0 Å². The van der Waals surface area contributed by atoms with E-state index in [0.29, 0.717) is 16.3 Å². The van der Waals surface area contributed by atoms with Gasteiger partial charge >= 0.3 is 5.97 Å². The van der Waals surface area contributed by atoms with Crippen LogP contribution in [0.15, 0.2) is 24.5 Å². The lowest BCUT2D eigenvalue weighted by molar-refractivity contribution is 0.0596. The topological polar surface area (TPSA) is 93.9 Å². The zero-order chi connectivity index (χ0) is 14.0. The molecule has 1 aromatic heterocycles. The quantitative estimate of drug-likeness (QED) is 0.844. The number of nitriles is 1. The molecule has 0 unspecified atom stereocenters. The third-order valence-electron chi connectivity index (χ3n) is 2.52. The van der Waals surface area contributed by atoms with E-state index in [-0.39, 0.29) is 11.5 Å². The molecule has 1 heterocycles. The van der Waals surface area contributed by atoms with E-state index in [0.717, 1.165) is 0 Å². The van der Waals surface area contributed by atoms with E-state index >= 15 is 0 Å². The first-order valence-electron chi connectivity index (χ1n) is 5.19. The Bertz CT molecular complexity index is 688. The van der Waals surface area contributed by atoms with Crippen LogP contribution in [0.25, 0.3) is 5.69 Å². The number of halogens is 1. The lowest BCUT2D eigenvalue weighted by atomic mass is 10.2. The molecule has 0 spiro atoms. The minimum absolute atomic E-state index is 0.000859. The Morgan fingerprint density at radius 2 is 2.32 bits per heavy atom. The van der Waals surface area contributed by atoms with Gasteiger partial charge in [-0.05, 0) is 18.2 Å². The molecule has 7 heteroatoms. The lowest BCUT2D eigenvalue weighted by Gasteiger charge is -2.07. The van der Waals surface area contributed by atoms with E-state index in [1.807, 2.05) is 6.07 Å². The maximum absolute atomic E-state index is 11.4. The molecule has 2 rings (SSSR count). The van der Waals surface area contributed by atoms with Gasteiger partial charge in [0.15, 0.2) is 5.69 Å². The number of nitrogens with two attached hydrogens (primary N) is 1. The summed E-state index contributed by atoms with van der Waals surface area (Å²) in [6.07, 6.45) is 1.35. The average Bonchev–Trinajstić information content (AvgIpc) is 2.80. The van der Waals surface area contributed by atoms with Gasteiger partial charge in [-0.2, -0.15) is 5.26 Å². The van der Waals surface area contributed by atoms with E-state index in [2.05, 4.69) is 9.72 Å². The van der Waals surface area contributed by atoms with Crippen LogP contribution in [-0.4, -0.2) is 22.6 Å². The van der Waals surface area contributed by atoms with Crippen molar-refractivity contribution in [3.05, 3.63) is 40.8 Å². The number of rotatable bonds is 2. The highest BCUT2D eigenvalue weighted by molar-refractivity contribution is 6.32. The summed E-state index contributed by atoms with van der Waals surface area (Å²) in [5.74, 6) is -0.535. The Morgan fingerprint density at radius 1 is 1.58 bits per heavy atom. The summed E-state index contributed by atoms with van der Waals surface area (Å²) in [6.45, 7) is 0. The number of hydrogen-bond donors (Lipinski definition) is 1. The molecular weight excluding hydrogens is 268 g/mol. The smallest absolute Gasteiger partial charge is 0.360 e. The maximum atomic E-state index is 11.4. The van der Waals surface area contributed by atoms with Gasteiger partial charge in [-0.3, -0.25) is 4.57 Å².